The van der Waals surface area contributed by atoms with Crippen LogP contribution in [0.5, 0.6) is 0 Å². The van der Waals surface area contributed by atoms with Crippen molar-refractivity contribution in [1.82, 2.24) is 0 Å². The van der Waals surface area contributed by atoms with Gasteiger partial charge in [-0.1, -0.05) is 18.2 Å². The van der Waals surface area contributed by atoms with Crippen LogP contribution < -0.4 is 15.8 Å². The summed E-state index contributed by atoms with van der Waals surface area (Å²) in [7, 11) is 0. The summed E-state index contributed by atoms with van der Waals surface area (Å²) in [6, 6.07) is 13.1. The molecule has 27 heavy (non-hydrogen) atoms. The number of benzene rings is 2. The van der Waals surface area contributed by atoms with Crippen LogP contribution in [0, 0.1) is 13.8 Å². The highest BCUT2D eigenvalue weighted by Crippen LogP contribution is 2.23. The van der Waals surface area contributed by atoms with Crippen molar-refractivity contribution in [1.29, 1.82) is 0 Å². The van der Waals surface area contributed by atoms with E-state index in [2.05, 4.69) is 24.1 Å². The molecule has 0 aliphatic heterocycles. The van der Waals surface area contributed by atoms with E-state index in [1.165, 1.54) is 0 Å². The molecule has 2 aromatic carbocycles. The van der Waals surface area contributed by atoms with Gasteiger partial charge in [0.2, 0.25) is 0 Å². The van der Waals surface area contributed by atoms with E-state index in [1.807, 2.05) is 50.2 Å². The average molecular weight is 364 g/mol. The van der Waals surface area contributed by atoms with Gasteiger partial charge < -0.3 is 14.6 Å². The van der Waals surface area contributed by atoms with Gasteiger partial charge in [0.05, 0.1) is 0 Å². The molecule has 0 saturated carbocycles. The SMILES string of the molecule is CCN(CC)c1ccc2cc(C(=O)Nc3c(C)cccc3C)c(=O)oc2c1. The van der Waals surface area contributed by atoms with Gasteiger partial charge in [0, 0.05) is 35.9 Å². The molecule has 1 amide bonds. The minimum atomic E-state index is -0.636. The minimum absolute atomic E-state index is 0.000687. The monoisotopic (exact) mass is 364 g/mol. The van der Waals surface area contributed by atoms with Crippen LogP contribution in [-0.2, 0) is 0 Å². The van der Waals surface area contributed by atoms with Crippen molar-refractivity contribution in [2.45, 2.75) is 27.7 Å². The van der Waals surface area contributed by atoms with E-state index in [9.17, 15) is 9.59 Å². The molecule has 5 heteroatoms. The quantitative estimate of drug-likeness (QED) is 0.677. The number of hydrogen-bond donors (Lipinski definition) is 1. The van der Waals surface area contributed by atoms with Crippen molar-refractivity contribution < 1.29 is 9.21 Å². The van der Waals surface area contributed by atoms with E-state index in [0.29, 0.717) is 5.58 Å². The number of rotatable bonds is 5. The van der Waals surface area contributed by atoms with E-state index in [0.717, 1.165) is 41.0 Å². The highest BCUT2D eigenvalue weighted by molar-refractivity contribution is 6.06. The largest absolute Gasteiger partial charge is 0.422 e. The van der Waals surface area contributed by atoms with Gasteiger partial charge in [-0.05, 0) is 57.0 Å². The Morgan fingerprint density at radius 2 is 1.70 bits per heavy atom. The zero-order valence-electron chi connectivity index (χ0n) is 16.1. The molecule has 5 nitrogen and oxygen atoms in total. The molecule has 0 bridgehead atoms. The Bertz CT molecular complexity index is 1030. The minimum Gasteiger partial charge on any atom is -0.422 e. The average Bonchev–Trinajstić information content (AvgIpc) is 2.65. The molecule has 3 aromatic rings. The molecule has 0 saturated heterocycles. The summed E-state index contributed by atoms with van der Waals surface area (Å²) in [4.78, 5) is 27.3. The van der Waals surface area contributed by atoms with Crippen molar-refractivity contribution in [2.75, 3.05) is 23.3 Å². The maximum absolute atomic E-state index is 12.7. The standard InChI is InChI=1S/C22H24N2O3/c1-5-24(6-2)17-11-10-16-12-18(22(26)27-19(16)13-17)21(25)23-20-14(3)8-7-9-15(20)4/h7-13H,5-6H2,1-4H3,(H,23,25). The molecule has 1 N–H and O–H groups in total. The van der Waals surface area contributed by atoms with Gasteiger partial charge >= 0.3 is 5.63 Å². The van der Waals surface area contributed by atoms with Gasteiger partial charge in [0.1, 0.15) is 11.1 Å². The van der Waals surface area contributed by atoms with Crippen molar-refractivity contribution >= 4 is 28.3 Å². The lowest BCUT2D eigenvalue weighted by Gasteiger charge is -2.21. The van der Waals surface area contributed by atoms with Gasteiger partial charge in [-0.2, -0.15) is 0 Å². The summed E-state index contributed by atoms with van der Waals surface area (Å²) in [5.74, 6) is -0.462. The Morgan fingerprint density at radius 1 is 1.04 bits per heavy atom. The topological polar surface area (TPSA) is 62.6 Å². The third kappa shape index (κ3) is 3.72. The molecule has 0 spiro atoms. The maximum Gasteiger partial charge on any atom is 0.349 e. The van der Waals surface area contributed by atoms with Crippen LogP contribution >= 0.6 is 0 Å². The highest BCUT2D eigenvalue weighted by atomic mass is 16.4. The number of nitrogens with one attached hydrogen (secondary N) is 1. The lowest BCUT2D eigenvalue weighted by molar-refractivity contribution is 0.102. The first kappa shape index (κ1) is 18.7. The number of aryl methyl sites for hydroxylation is 2. The van der Waals surface area contributed by atoms with Crippen LogP contribution in [0.4, 0.5) is 11.4 Å². The van der Waals surface area contributed by atoms with Crippen molar-refractivity contribution in [2.24, 2.45) is 0 Å². The molecular formula is C22H24N2O3. The fourth-order valence-corrected chi connectivity index (χ4v) is 3.24. The predicted octanol–water partition coefficient (Wildman–Crippen LogP) is 4.51. The molecule has 0 aliphatic rings. The molecular weight excluding hydrogens is 340 g/mol. The molecule has 1 heterocycles. The number of nitrogens with zero attached hydrogens (tertiary/aromatic N) is 1. The van der Waals surface area contributed by atoms with Gasteiger partial charge in [-0.25, -0.2) is 4.79 Å². The van der Waals surface area contributed by atoms with Crippen LogP contribution in [0.1, 0.15) is 35.3 Å². The van der Waals surface area contributed by atoms with Crippen LogP contribution in [-0.4, -0.2) is 19.0 Å². The number of anilines is 2. The Hall–Kier alpha value is -3.08. The zero-order valence-corrected chi connectivity index (χ0v) is 16.1. The van der Waals surface area contributed by atoms with Crippen LogP contribution in [0.15, 0.2) is 51.7 Å². The van der Waals surface area contributed by atoms with Gasteiger partial charge in [-0.15, -0.1) is 0 Å². The predicted molar refractivity (Wildman–Crippen MR) is 110 cm³/mol. The number of carbonyl (C=O) groups is 1. The highest BCUT2D eigenvalue weighted by Gasteiger charge is 2.16. The normalized spacial score (nSPS) is 10.8. The number of carbonyl (C=O) groups excluding carboxylic acids is 1. The summed E-state index contributed by atoms with van der Waals surface area (Å²) >= 11 is 0. The Balaban J connectivity index is 1.98. The first-order chi connectivity index (χ1) is 12.9. The maximum atomic E-state index is 12.7. The number of para-hydroxylation sites is 1. The number of hydrogen-bond acceptors (Lipinski definition) is 4. The van der Waals surface area contributed by atoms with Gasteiger partial charge in [0.15, 0.2) is 0 Å². The van der Waals surface area contributed by atoms with E-state index < -0.39 is 11.5 Å². The second-order valence-electron chi connectivity index (χ2n) is 6.56. The first-order valence-electron chi connectivity index (χ1n) is 9.15. The molecule has 0 atom stereocenters. The third-order valence-corrected chi connectivity index (χ3v) is 4.81. The molecule has 0 fully saturated rings. The molecule has 140 valence electrons. The summed E-state index contributed by atoms with van der Waals surface area (Å²) in [5.41, 5.74) is 3.44. The summed E-state index contributed by atoms with van der Waals surface area (Å²) in [5, 5.41) is 3.56. The van der Waals surface area contributed by atoms with Crippen molar-refractivity contribution in [3.05, 3.63) is 69.6 Å². The van der Waals surface area contributed by atoms with Gasteiger partial charge in [0.25, 0.3) is 5.91 Å². The molecule has 1 aromatic heterocycles. The van der Waals surface area contributed by atoms with Crippen molar-refractivity contribution in [3.8, 4) is 0 Å². The van der Waals surface area contributed by atoms with Crippen LogP contribution in [0.3, 0.4) is 0 Å². The second-order valence-corrected chi connectivity index (χ2v) is 6.56. The smallest absolute Gasteiger partial charge is 0.349 e. The molecule has 0 aliphatic carbocycles. The van der Waals surface area contributed by atoms with Crippen LogP contribution in [0.25, 0.3) is 11.0 Å². The lowest BCUT2D eigenvalue weighted by atomic mass is 10.1. The summed E-state index contributed by atoms with van der Waals surface area (Å²) in [6.07, 6.45) is 0. The third-order valence-electron chi connectivity index (χ3n) is 4.81. The fourth-order valence-electron chi connectivity index (χ4n) is 3.24. The number of fused-ring (bicyclic) bond motifs is 1. The fraction of sp³-hybridized carbons (Fsp3) is 0.273. The number of amides is 1. The zero-order chi connectivity index (χ0) is 19.6. The Kier molecular flexibility index (Phi) is 5.31. The lowest BCUT2D eigenvalue weighted by Crippen LogP contribution is -2.22. The molecule has 3 rings (SSSR count). The van der Waals surface area contributed by atoms with Crippen molar-refractivity contribution in [3.63, 3.8) is 0 Å². The van der Waals surface area contributed by atoms with Crippen LogP contribution in [0.2, 0.25) is 0 Å². The first-order valence-corrected chi connectivity index (χ1v) is 9.15. The summed E-state index contributed by atoms with van der Waals surface area (Å²) in [6.45, 7) is 9.71. The van der Waals surface area contributed by atoms with E-state index >= 15 is 0 Å². The van der Waals surface area contributed by atoms with E-state index in [1.54, 1.807) is 6.07 Å². The van der Waals surface area contributed by atoms with E-state index in [-0.39, 0.29) is 5.56 Å². The second kappa shape index (κ2) is 7.66. The Labute approximate surface area is 158 Å². The molecule has 0 unspecified atom stereocenters. The van der Waals surface area contributed by atoms with E-state index in [4.69, 9.17) is 4.42 Å². The Morgan fingerprint density at radius 3 is 2.33 bits per heavy atom. The summed E-state index contributed by atoms with van der Waals surface area (Å²) < 4.78 is 5.45. The molecule has 0 radical (unpaired) electrons. The van der Waals surface area contributed by atoms with Gasteiger partial charge in [-0.3, -0.25) is 4.79 Å².